The topological polar surface area (TPSA) is 47.6 Å². The summed E-state index contributed by atoms with van der Waals surface area (Å²) in [6.07, 6.45) is -3.39. The number of hydrogen-bond donors (Lipinski definition) is 1. The zero-order chi connectivity index (χ0) is 17.7. The second-order valence-corrected chi connectivity index (χ2v) is 5.28. The van der Waals surface area contributed by atoms with Crippen molar-refractivity contribution < 1.29 is 27.4 Å². The summed E-state index contributed by atoms with van der Waals surface area (Å²) in [5.41, 5.74) is -1.97. The van der Waals surface area contributed by atoms with Crippen molar-refractivity contribution >= 4 is 11.6 Å². The zero-order valence-corrected chi connectivity index (χ0v) is 13.7. The van der Waals surface area contributed by atoms with Gasteiger partial charge in [0.05, 0.1) is 12.7 Å². The molecule has 0 unspecified atom stereocenters. The summed E-state index contributed by atoms with van der Waals surface area (Å²) in [4.78, 5) is 12.4. The van der Waals surface area contributed by atoms with Crippen LogP contribution in [0.25, 0.3) is 0 Å². The highest BCUT2D eigenvalue weighted by molar-refractivity contribution is 5.97. The van der Waals surface area contributed by atoms with Crippen LogP contribution >= 0.6 is 0 Å². The van der Waals surface area contributed by atoms with E-state index in [-0.39, 0.29) is 11.4 Å². The first kappa shape index (κ1) is 19.3. The van der Waals surface area contributed by atoms with Crippen molar-refractivity contribution in [3.8, 4) is 5.75 Å². The molecule has 0 saturated carbocycles. The molecule has 0 aromatic heterocycles. The standard InChI is InChI=1S/C16H22F3NO3/c1-5-9-15(3,23-6-2)14(21)20-11-7-8-13(22-4)12(10-11)16(17,18)19/h7-8,10H,5-6,9H2,1-4H3,(H,20,21)/t15-/m1/s1. The van der Waals surface area contributed by atoms with Gasteiger partial charge in [0.25, 0.3) is 5.91 Å². The molecule has 1 N–H and O–H groups in total. The van der Waals surface area contributed by atoms with Crippen LogP contribution in [0.3, 0.4) is 0 Å². The van der Waals surface area contributed by atoms with Crippen LogP contribution in [0.4, 0.5) is 18.9 Å². The van der Waals surface area contributed by atoms with Crippen molar-refractivity contribution in [2.45, 2.75) is 45.4 Å². The van der Waals surface area contributed by atoms with Gasteiger partial charge in [0.15, 0.2) is 0 Å². The van der Waals surface area contributed by atoms with Crippen LogP contribution in [-0.4, -0.2) is 25.2 Å². The van der Waals surface area contributed by atoms with Crippen LogP contribution in [0, 0.1) is 0 Å². The lowest BCUT2D eigenvalue weighted by Crippen LogP contribution is -2.42. The van der Waals surface area contributed by atoms with Gasteiger partial charge in [-0.25, -0.2) is 0 Å². The Morgan fingerprint density at radius 3 is 2.39 bits per heavy atom. The molecule has 1 rings (SSSR count). The van der Waals surface area contributed by atoms with E-state index in [0.717, 1.165) is 13.2 Å². The first-order valence-corrected chi connectivity index (χ1v) is 7.38. The van der Waals surface area contributed by atoms with Crippen LogP contribution in [0.1, 0.15) is 39.2 Å². The minimum Gasteiger partial charge on any atom is -0.496 e. The van der Waals surface area contributed by atoms with Gasteiger partial charge in [0.2, 0.25) is 0 Å². The minimum absolute atomic E-state index is 0.0464. The van der Waals surface area contributed by atoms with Crippen molar-refractivity contribution in [2.75, 3.05) is 19.0 Å². The van der Waals surface area contributed by atoms with E-state index in [1.807, 2.05) is 6.92 Å². The summed E-state index contributed by atoms with van der Waals surface area (Å²) < 4.78 is 49.2. The van der Waals surface area contributed by atoms with Crippen LogP contribution in [-0.2, 0) is 15.7 Å². The highest BCUT2D eigenvalue weighted by Crippen LogP contribution is 2.38. The normalized spacial score (nSPS) is 14.2. The maximum absolute atomic E-state index is 13.0. The average molecular weight is 333 g/mol. The third-order valence-electron chi connectivity index (χ3n) is 3.43. The molecule has 0 aliphatic heterocycles. The number of anilines is 1. The lowest BCUT2D eigenvalue weighted by molar-refractivity contribution is -0.140. The summed E-state index contributed by atoms with van der Waals surface area (Å²) in [5.74, 6) is -0.767. The summed E-state index contributed by atoms with van der Waals surface area (Å²) in [6, 6.07) is 3.40. The maximum atomic E-state index is 13.0. The van der Waals surface area contributed by atoms with Gasteiger partial charge in [-0.15, -0.1) is 0 Å². The van der Waals surface area contributed by atoms with Gasteiger partial charge in [-0.3, -0.25) is 4.79 Å². The molecule has 0 aliphatic carbocycles. The first-order chi connectivity index (χ1) is 10.7. The number of halogens is 3. The molecule has 1 aromatic carbocycles. The van der Waals surface area contributed by atoms with E-state index in [9.17, 15) is 18.0 Å². The fourth-order valence-corrected chi connectivity index (χ4v) is 2.32. The molecule has 0 saturated heterocycles. The molecule has 0 spiro atoms. The maximum Gasteiger partial charge on any atom is 0.420 e. The Labute approximate surface area is 134 Å². The molecule has 0 heterocycles. The number of nitrogens with one attached hydrogen (secondary N) is 1. The Morgan fingerprint density at radius 2 is 1.91 bits per heavy atom. The molecule has 4 nitrogen and oxygen atoms in total. The van der Waals surface area contributed by atoms with Crippen LogP contribution in [0.2, 0.25) is 0 Å². The van der Waals surface area contributed by atoms with E-state index < -0.39 is 23.2 Å². The number of rotatable bonds is 7. The van der Waals surface area contributed by atoms with Crippen molar-refractivity contribution in [3.63, 3.8) is 0 Å². The SMILES string of the molecule is CCC[C@@](C)(OCC)C(=O)Nc1ccc(OC)c(C(F)(F)F)c1. The van der Waals surface area contributed by atoms with Gasteiger partial charge in [-0.2, -0.15) is 13.2 Å². The third kappa shape index (κ3) is 4.86. The summed E-state index contributed by atoms with van der Waals surface area (Å²) >= 11 is 0. The molecule has 7 heteroatoms. The van der Waals surface area contributed by atoms with Gasteiger partial charge in [0.1, 0.15) is 11.4 Å². The van der Waals surface area contributed by atoms with E-state index in [2.05, 4.69) is 5.32 Å². The lowest BCUT2D eigenvalue weighted by Gasteiger charge is -2.28. The number of methoxy groups -OCH3 is 1. The number of carbonyl (C=O) groups excluding carboxylic acids is 1. The van der Waals surface area contributed by atoms with Crippen LogP contribution in [0.5, 0.6) is 5.75 Å². The van der Waals surface area contributed by atoms with E-state index in [4.69, 9.17) is 9.47 Å². The predicted octanol–water partition coefficient (Wildman–Crippen LogP) is 4.25. The fourth-order valence-electron chi connectivity index (χ4n) is 2.32. The van der Waals surface area contributed by atoms with Crippen molar-refractivity contribution in [2.24, 2.45) is 0 Å². The molecule has 23 heavy (non-hydrogen) atoms. The molecule has 0 bridgehead atoms. The Morgan fingerprint density at radius 1 is 1.26 bits per heavy atom. The van der Waals surface area contributed by atoms with Crippen molar-refractivity contribution in [1.82, 2.24) is 0 Å². The Balaban J connectivity index is 3.06. The fraction of sp³-hybridized carbons (Fsp3) is 0.562. The number of benzene rings is 1. The largest absolute Gasteiger partial charge is 0.496 e. The van der Waals surface area contributed by atoms with Gasteiger partial charge in [-0.05, 0) is 38.5 Å². The number of amides is 1. The first-order valence-electron chi connectivity index (χ1n) is 7.38. The second kappa shape index (κ2) is 7.68. The van der Waals surface area contributed by atoms with Gasteiger partial charge >= 0.3 is 6.18 Å². The number of alkyl halides is 3. The Bertz CT molecular complexity index is 538. The van der Waals surface area contributed by atoms with Crippen molar-refractivity contribution in [1.29, 1.82) is 0 Å². The van der Waals surface area contributed by atoms with E-state index in [0.29, 0.717) is 19.4 Å². The molecule has 1 atom stereocenters. The monoisotopic (exact) mass is 333 g/mol. The molecule has 130 valence electrons. The highest BCUT2D eigenvalue weighted by Gasteiger charge is 2.36. The second-order valence-electron chi connectivity index (χ2n) is 5.28. The van der Waals surface area contributed by atoms with Gasteiger partial charge in [0, 0.05) is 12.3 Å². The van der Waals surface area contributed by atoms with E-state index >= 15 is 0 Å². The quantitative estimate of drug-likeness (QED) is 0.811. The lowest BCUT2D eigenvalue weighted by atomic mass is 9.99. The number of hydrogen-bond acceptors (Lipinski definition) is 3. The molecule has 0 fully saturated rings. The van der Waals surface area contributed by atoms with E-state index in [1.54, 1.807) is 13.8 Å². The summed E-state index contributed by atoms with van der Waals surface area (Å²) in [6.45, 7) is 5.62. The average Bonchev–Trinajstić information content (AvgIpc) is 2.46. The predicted molar refractivity (Wildman–Crippen MR) is 81.6 cm³/mol. The summed E-state index contributed by atoms with van der Waals surface area (Å²) in [5, 5.41) is 2.50. The Hall–Kier alpha value is -1.76. The molecular formula is C16H22F3NO3. The highest BCUT2D eigenvalue weighted by atomic mass is 19.4. The Kier molecular flexibility index (Phi) is 6.44. The molecular weight excluding hydrogens is 311 g/mol. The molecule has 1 amide bonds. The molecule has 1 aromatic rings. The smallest absolute Gasteiger partial charge is 0.420 e. The van der Waals surface area contributed by atoms with E-state index in [1.165, 1.54) is 12.1 Å². The van der Waals surface area contributed by atoms with Crippen LogP contribution < -0.4 is 10.1 Å². The number of carbonyl (C=O) groups is 1. The van der Waals surface area contributed by atoms with Crippen LogP contribution in [0.15, 0.2) is 18.2 Å². The van der Waals surface area contributed by atoms with Gasteiger partial charge < -0.3 is 14.8 Å². The van der Waals surface area contributed by atoms with Crippen molar-refractivity contribution in [3.05, 3.63) is 23.8 Å². The summed E-state index contributed by atoms with van der Waals surface area (Å²) in [7, 11) is 1.16. The third-order valence-corrected chi connectivity index (χ3v) is 3.43. The number of ether oxygens (including phenoxy) is 2. The minimum atomic E-state index is -4.57. The molecule has 0 radical (unpaired) electrons. The van der Waals surface area contributed by atoms with Gasteiger partial charge in [-0.1, -0.05) is 13.3 Å². The molecule has 0 aliphatic rings. The zero-order valence-electron chi connectivity index (χ0n) is 13.7.